The van der Waals surface area contributed by atoms with Crippen LogP contribution < -0.4 is 0 Å². The van der Waals surface area contributed by atoms with Crippen molar-refractivity contribution in [3.05, 3.63) is 29.6 Å². The smallest absolute Gasteiger partial charge is 0.0409 e. The summed E-state index contributed by atoms with van der Waals surface area (Å²) in [4.78, 5) is 4.52. The van der Waals surface area contributed by atoms with Gasteiger partial charge in [-0.3, -0.25) is 4.98 Å². The highest BCUT2D eigenvalue weighted by Gasteiger charge is 2.18. The third-order valence-electron chi connectivity index (χ3n) is 3.66. The lowest BCUT2D eigenvalue weighted by molar-refractivity contribution is 0.535. The van der Waals surface area contributed by atoms with E-state index in [0.29, 0.717) is 0 Å². The fourth-order valence-corrected chi connectivity index (χ4v) is 2.57. The van der Waals surface area contributed by atoms with Crippen molar-refractivity contribution in [3.8, 4) is 0 Å². The van der Waals surface area contributed by atoms with Crippen molar-refractivity contribution in [2.45, 2.75) is 58.3 Å². The van der Waals surface area contributed by atoms with Crippen LogP contribution in [0.25, 0.3) is 0 Å². The first kappa shape index (κ1) is 11.6. The molecule has 88 valence electrons. The van der Waals surface area contributed by atoms with Crippen LogP contribution in [-0.2, 0) is 11.8 Å². The minimum atomic E-state index is 0.243. The molecule has 1 aromatic rings. The van der Waals surface area contributed by atoms with Crippen molar-refractivity contribution in [3.63, 3.8) is 0 Å². The molecule has 1 aliphatic carbocycles. The van der Waals surface area contributed by atoms with Gasteiger partial charge in [0, 0.05) is 11.9 Å². The van der Waals surface area contributed by atoms with Crippen LogP contribution in [0, 0.1) is 5.92 Å². The average molecular weight is 217 g/mol. The van der Waals surface area contributed by atoms with Crippen molar-refractivity contribution in [2.24, 2.45) is 5.92 Å². The van der Waals surface area contributed by atoms with E-state index in [1.54, 1.807) is 0 Å². The maximum atomic E-state index is 4.52. The molecule has 1 nitrogen and oxygen atoms in total. The minimum Gasteiger partial charge on any atom is -0.261 e. The van der Waals surface area contributed by atoms with E-state index < -0.39 is 0 Å². The van der Waals surface area contributed by atoms with Gasteiger partial charge in [0.05, 0.1) is 0 Å². The predicted molar refractivity (Wildman–Crippen MR) is 68.6 cm³/mol. The summed E-state index contributed by atoms with van der Waals surface area (Å²) in [7, 11) is 0. The Hall–Kier alpha value is -0.850. The van der Waals surface area contributed by atoms with Gasteiger partial charge >= 0.3 is 0 Å². The van der Waals surface area contributed by atoms with Crippen molar-refractivity contribution in [1.82, 2.24) is 4.98 Å². The van der Waals surface area contributed by atoms with Gasteiger partial charge < -0.3 is 0 Å². The number of aromatic nitrogens is 1. The first-order valence-electron chi connectivity index (χ1n) is 6.51. The van der Waals surface area contributed by atoms with Crippen LogP contribution in [0.3, 0.4) is 0 Å². The van der Waals surface area contributed by atoms with Gasteiger partial charge in [0.2, 0.25) is 0 Å². The summed E-state index contributed by atoms with van der Waals surface area (Å²) in [6.45, 7) is 6.80. The molecule has 2 rings (SSSR count). The largest absolute Gasteiger partial charge is 0.261 e. The van der Waals surface area contributed by atoms with Gasteiger partial charge in [-0.25, -0.2) is 0 Å². The molecule has 1 saturated carbocycles. The Morgan fingerprint density at radius 3 is 2.56 bits per heavy atom. The summed E-state index contributed by atoms with van der Waals surface area (Å²) >= 11 is 0. The molecule has 0 spiro atoms. The maximum absolute atomic E-state index is 4.52. The third-order valence-corrected chi connectivity index (χ3v) is 3.66. The van der Waals surface area contributed by atoms with E-state index >= 15 is 0 Å². The van der Waals surface area contributed by atoms with Crippen molar-refractivity contribution < 1.29 is 0 Å². The van der Waals surface area contributed by atoms with E-state index in [2.05, 4.69) is 37.9 Å². The Morgan fingerprint density at radius 1 is 1.25 bits per heavy atom. The quantitative estimate of drug-likeness (QED) is 0.726. The number of pyridine rings is 1. The molecule has 0 radical (unpaired) electrons. The molecule has 16 heavy (non-hydrogen) atoms. The topological polar surface area (TPSA) is 12.9 Å². The number of nitrogens with zero attached hydrogens (tertiary/aromatic N) is 1. The Bertz CT molecular complexity index is 343. The first-order chi connectivity index (χ1) is 7.55. The zero-order valence-corrected chi connectivity index (χ0v) is 10.8. The van der Waals surface area contributed by atoms with Crippen LogP contribution in [-0.4, -0.2) is 4.98 Å². The maximum Gasteiger partial charge on any atom is 0.0409 e. The summed E-state index contributed by atoms with van der Waals surface area (Å²) < 4.78 is 0. The van der Waals surface area contributed by atoms with Gasteiger partial charge in [0.15, 0.2) is 0 Å². The van der Waals surface area contributed by atoms with Crippen molar-refractivity contribution in [2.75, 3.05) is 0 Å². The predicted octanol–water partition coefficient (Wildman–Crippen LogP) is 4.11. The van der Waals surface area contributed by atoms with Crippen molar-refractivity contribution >= 4 is 0 Å². The molecule has 1 fully saturated rings. The molecule has 0 aromatic carbocycles. The molecular weight excluding hydrogens is 194 g/mol. The van der Waals surface area contributed by atoms with Gasteiger partial charge in [-0.2, -0.15) is 0 Å². The highest BCUT2D eigenvalue weighted by molar-refractivity contribution is 5.23. The lowest BCUT2D eigenvalue weighted by Crippen LogP contribution is -2.12. The van der Waals surface area contributed by atoms with Gasteiger partial charge in [0.25, 0.3) is 0 Å². The monoisotopic (exact) mass is 217 g/mol. The van der Waals surface area contributed by atoms with E-state index in [1.807, 2.05) is 6.20 Å². The minimum absolute atomic E-state index is 0.243. The second kappa shape index (κ2) is 4.57. The Labute approximate surface area is 99.3 Å². The van der Waals surface area contributed by atoms with Crippen LogP contribution in [0.15, 0.2) is 18.3 Å². The second-order valence-corrected chi connectivity index (χ2v) is 6.14. The Morgan fingerprint density at radius 2 is 1.94 bits per heavy atom. The van der Waals surface area contributed by atoms with Crippen LogP contribution in [0.4, 0.5) is 0 Å². The van der Waals surface area contributed by atoms with E-state index in [-0.39, 0.29) is 5.41 Å². The zero-order valence-electron chi connectivity index (χ0n) is 10.8. The summed E-state index contributed by atoms with van der Waals surface area (Å²) in [5, 5.41) is 0. The standard InChI is InChI=1S/C15H23N/c1-15(2,3)13-8-9-16-14(11-13)10-12-6-4-5-7-12/h8-9,11-12H,4-7,10H2,1-3H3. The van der Waals surface area contributed by atoms with Crippen LogP contribution in [0.2, 0.25) is 0 Å². The molecule has 1 aliphatic rings. The third kappa shape index (κ3) is 2.84. The summed E-state index contributed by atoms with van der Waals surface area (Å²) in [5.41, 5.74) is 2.95. The van der Waals surface area contributed by atoms with E-state index in [4.69, 9.17) is 0 Å². The van der Waals surface area contributed by atoms with Gasteiger partial charge in [-0.1, -0.05) is 46.5 Å². The lowest BCUT2D eigenvalue weighted by Gasteiger charge is -2.20. The zero-order chi connectivity index (χ0) is 11.6. The summed E-state index contributed by atoms with van der Waals surface area (Å²) in [6, 6.07) is 4.45. The molecule has 0 atom stereocenters. The van der Waals surface area contributed by atoms with E-state index in [9.17, 15) is 0 Å². The average Bonchev–Trinajstić information content (AvgIpc) is 2.70. The van der Waals surface area contributed by atoms with Crippen LogP contribution >= 0.6 is 0 Å². The fourth-order valence-electron chi connectivity index (χ4n) is 2.57. The van der Waals surface area contributed by atoms with Gasteiger partial charge in [0.1, 0.15) is 0 Å². The molecule has 1 heteroatoms. The Balaban J connectivity index is 2.09. The number of rotatable bonds is 2. The molecule has 0 bridgehead atoms. The summed E-state index contributed by atoms with van der Waals surface area (Å²) in [5.74, 6) is 0.891. The number of hydrogen-bond donors (Lipinski definition) is 0. The lowest BCUT2D eigenvalue weighted by atomic mass is 9.86. The molecule has 0 saturated heterocycles. The van der Waals surface area contributed by atoms with Crippen LogP contribution in [0.5, 0.6) is 0 Å². The van der Waals surface area contributed by atoms with E-state index in [1.165, 1.54) is 43.4 Å². The van der Waals surface area contributed by atoms with Gasteiger partial charge in [-0.05, 0) is 35.4 Å². The molecule has 1 heterocycles. The molecule has 0 aliphatic heterocycles. The molecular formula is C15H23N. The molecule has 1 aromatic heterocycles. The fraction of sp³-hybridized carbons (Fsp3) is 0.667. The summed E-state index contributed by atoms with van der Waals surface area (Å²) in [6.07, 6.45) is 8.81. The highest BCUT2D eigenvalue weighted by atomic mass is 14.7. The SMILES string of the molecule is CC(C)(C)c1ccnc(CC2CCCC2)c1. The van der Waals surface area contributed by atoms with E-state index in [0.717, 1.165) is 5.92 Å². The first-order valence-corrected chi connectivity index (χ1v) is 6.51. The highest BCUT2D eigenvalue weighted by Crippen LogP contribution is 2.29. The molecule has 0 amide bonds. The van der Waals surface area contributed by atoms with Crippen molar-refractivity contribution in [1.29, 1.82) is 0 Å². The molecule has 0 unspecified atom stereocenters. The normalized spacial score (nSPS) is 17.9. The molecule has 0 N–H and O–H groups in total. The second-order valence-electron chi connectivity index (χ2n) is 6.14. The number of hydrogen-bond acceptors (Lipinski definition) is 1. The van der Waals surface area contributed by atoms with Crippen LogP contribution in [0.1, 0.15) is 57.7 Å². The van der Waals surface area contributed by atoms with Gasteiger partial charge in [-0.15, -0.1) is 0 Å². The Kier molecular flexibility index (Phi) is 3.32.